The lowest BCUT2D eigenvalue weighted by Crippen LogP contribution is -2.42. The van der Waals surface area contributed by atoms with Crippen LogP contribution in [0.15, 0.2) is 48.5 Å². The fraction of sp³-hybridized carbons (Fsp3) is 0.300. The van der Waals surface area contributed by atoms with Gasteiger partial charge in [-0.25, -0.2) is 4.79 Å². The lowest BCUT2D eigenvalue weighted by Gasteiger charge is -2.18. The molecule has 1 unspecified atom stereocenters. The fourth-order valence-electron chi connectivity index (χ4n) is 3.17. The standard InChI is InChI=1S/C20H21NO3/c22-19(17-11-10-15-8-4-5-9-16(15)13-17)21-18(20(23)24)12-14-6-2-1-3-7-14/h1-3,6-7,10-11,13,18H,4-5,8-9,12H2,(H,21,22)(H,23,24). The van der Waals surface area contributed by atoms with Gasteiger partial charge in [0.25, 0.3) is 5.91 Å². The van der Waals surface area contributed by atoms with Crippen molar-refractivity contribution < 1.29 is 14.7 Å². The van der Waals surface area contributed by atoms with Crippen LogP contribution in [0.1, 0.15) is 39.9 Å². The summed E-state index contributed by atoms with van der Waals surface area (Å²) in [6.45, 7) is 0. The third kappa shape index (κ3) is 3.82. The summed E-state index contributed by atoms with van der Waals surface area (Å²) in [6.07, 6.45) is 4.65. The van der Waals surface area contributed by atoms with Gasteiger partial charge in [-0.2, -0.15) is 0 Å². The molecule has 0 aromatic heterocycles. The molecule has 3 rings (SSSR count). The highest BCUT2D eigenvalue weighted by Gasteiger charge is 2.22. The molecule has 2 N–H and O–H groups in total. The maximum absolute atomic E-state index is 12.5. The van der Waals surface area contributed by atoms with E-state index in [2.05, 4.69) is 5.32 Å². The van der Waals surface area contributed by atoms with Gasteiger partial charge >= 0.3 is 5.97 Å². The number of amides is 1. The van der Waals surface area contributed by atoms with E-state index in [1.807, 2.05) is 42.5 Å². The molecule has 2 aromatic carbocycles. The molecular weight excluding hydrogens is 302 g/mol. The average Bonchev–Trinajstić information content (AvgIpc) is 2.61. The summed E-state index contributed by atoms with van der Waals surface area (Å²) in [6, 6.07) is 14.1. The van der Waals surface area contributed by atoms with Gasteiger partial charge < -0.3 is 10.4 Å². The molecule has 1 atom stereocenters. The molecule has 4 nitrogen and oxygen atoms in total. The Balaban J connectivity index is 1.72. The van der Waals surface area contributed by atoms with Gasteiger partial charge in [-0.1, -0.05) is 36.4 Å². The Morgan fingerprint density at radius 2 is 1.71 bits per heavy atom. The van der Waals surface area contributed by atoms with Gasteiger partial charge in [-0.3, -0.25) is 4.79 Å². The zero-order valence-electron chi connectivity index (χ0n) is 13.5. The quantitative estimate of drug-likeness (QED) is 0.889. The van der Waals surface area contributed by atoms with Crippen molar-refractivity contribution in [2.24, 2.45) is 0 Å². The van der Waals surface area contributed by atoms with Crippen LogP contribution in [0.25, 0.3) is 0 Å². The van der Waals surface area contributed by atoms with Crippen LogP contribution < -0.4 is 5.32 Å². The molecule has 0 fully saturated rings. The second kappa shape index (κ2) is 7.30. The van der Waals surface area contributed by atoms with Crippen molar-refractivity contribution in [2.75, 3.05) is 0 Å². The summed E-state index contributed by atoms with van der Waals surface area (Å²) in [5, 5.41) is 12.1. The lowest BCUT2D eigenvalue weighted by atomic mass is 9.90. The highest BCUT2D eigenvalue weighted by atomic mass is 16.4. The van der Waals surface area contributed by atoms with E-state index in [9.17, 15) is 14.7 Å². The number of carbonyl (C=O) groups is 2. The van der Waals surface area contributed by atoms with Gasteiger partial charge in [0.05, 0.1) is 0 Å². The van der Waals surface area contributed by atoms with Crippen LogP contribution in [0.3, 0.4) is 0 Å². The van der Waals surface area contributed by atoms with Gasteiger partial charge in [-0.05, 0) is 54.5 Å². The van der Waals surface area contributed by atoms with Crippen molar-refractivity contribution in [3.8, 4) is 0 Å². The predicted molar refractivity (Wildman–Crippen MR) is 92.1 cm³/mol. The van der Waals surface area contributed by atoms with Crippen LogP contribution >= 0.6 is 0 Å². The molecular formula is C20H21NO3. The maximum atomic E-state index is 12.5. The number of rotatable bonds is 5. The molecule has 0 spiro atoms. The molecule has 0 radical (unpaired) electrons. The van der Waals surface area contributed by atoms with Gasteiger partial charge in [-0.15, -0.1) is 0 Å². The number of fused-ring (bicyclic) bond motifs is 1. The van der Waals surface area contributed by atoms with E-state index in [4.69, 9.17) is 0 Å². The first-order valence-corrected chi connectivity index (χ1v) is 8.33. The van der Waals surface area contributed by atoms with Crippen LogP contribution in [0.2, 0.25) is 0 Å². The van der Waals surface area contributed by atoms with E-state index in [0.29, 0.717) is 5.56 Å². The fourth-order valence-corrected chi connectivity index (χ4v) is 3.17. The number of hydrogen-bond acceptors (Lipinski definition) is 2. The summed E-state index contributed by atoms with van der Waals surface area (Å²) in [5.41, 5.74) is 3.94. The van der Waals surface area contributed by atoms with Crippen LogP contribution in [0.5, 0.6) is 0 Å². The molecule has 124 valence electrons. The minimum atomic E-state index is -1.02. The maximum Gasteiger partial charge on any atom is 0.326 e. The van der Waals surface area contributed by atoms with Crippen LogP contribution in [-0.2, 0) is 24.1 Å². The number of benzene rings is 2. The lowest BCUT2D eigenvalue weighted by molar-refractivity contribution is -0.139. The van der Waals surface area contributed by atoms with Crippen molar-refractivity contribution in [3.63, 3.8) is 0 Å². The molecule has 4 heteroatoms. The summed E-state index contributed by atoms with van der Waals surface area (Å²) in [7, 11) is 0. The Hall–Kier alpha value is -2.62. The highest BCUT2D eigenvalue weighted by Crippen LogP contribution is 2.22. The van der Waals surface area contributed by atoms with Crippen molar-refractivity contribution >= 4 is 11.9 Å². The molecule has 0 saturated heterocycles. The van der Waals surface area contributed by atoms with Crippen molar-refractivity contribution in [3.05, 3.63) is 70.8 Å². The third-order valence-electron chi connectivity index (χ3n) is 4.50. The van der Waals surface area contributed by atoms with Gasteiger partial charge in [0.15, 0.2) is 0 Å². The largest absolute Gasteiger partial charge is 0.480 e. The topological polar surface area (TPSA) is 66.4 Å². The summed E-state index contributed by atoms with van der Waals surface area (Å²) in [4.78, 5) is 23.9. The molecule has 0 bridgehead atoms. The summed E-state index contributed by atoms with van der Waals surface area (Å²) >= 11 is 0. The highest BCUT2D eigenvalue weighted by molar-refractivity contribution is 5.96. The van der Waals surface area contributed by atoms with Crippen LogP contribution in [0.4, 0.5) is 0 Å². The second-order valence-corrected chi connectivity index (χ2v) is 6.24. The SMILES string of the molecule is O=C(NC(Cc1ccccc1)C(=O)O)c1ccc2c(c1)CCCC2. The molecule has 24 heavy (non-hydrogen) atoms. The Bertz CT molecular complexity index is 740. The normalized spacial score (nSPS) is 14.5. The van der Waals surface area contributed by atoms with Crippen molar-refractivity contribution in [2.45, 2.75) is 38.1 Å². The molecule has 0 heterocycles. The Morgan fingerprint density at radius 1 is 1.00 bits per heavy atom. The van der Waals surface area contributed by atoms with E-state index in [1.54, 1.807) is 6.07 Å². The predicted octanol–water partition coefficient (Wildman–Crippen LogP) is 2.99. The number of carboxylic acids is 1. The van der Waals surface area contributed by atoms with Crippen molar-refractivity contribution in [1.29, 1.82) is 0 Å². The molecule has 0 aliphatic heterocycles. The van der Waals surface area contributed by atoms with Crippen molar-refractivity contribution in [1.82, 2.24) is 5.32 Å². The first-order chi connectivity index (χ1) is 11.6. The van der Waals surface area contributed by atoms with Crippen LogP contribution in [-0.4, -0.2) is 23.0 Å². The summed E-state index contributed by atoms with van der Waals surface area (Å²) in [5.74, 6) is -1.35. The van der Waals surface area contributed by atoms with E-state index >= 15 is 0 Å². The number of hydrogen-bond donors (Lipinski definition) is 2. The summed E-state index contributed by atoms with van der Waals surface area (Å²) < 4.78 is 0. The first kappa shape index (κ1) is 16.2. The Kier molecular flexibility index (Phi) is 4.94. The smallest absolute Gasteiger partial charge is 0.326 e. The first-order valence-electron chi connectivity index (χ1n) is 8.33. The zero-order valence-corrected chi connectivity index (χ0v) is 13.5. The van der Waals surface area contributed by atoms with Gasteiger partial charge in [0.2, 0.25) is 0 Å². The Morgan fingerprint density at radius 3 is 2.42 bits per heavy atom. The van der Waals surface area contributed by atoms with E-state index in [0.717, 1.165) is 24.8 Å². The Labute approximate surface area is 141 Å². The number of nitrogens with one attached hydrogen (secondary N) is 1. The second-order valence-electron chi connectivity index (χ2n) is 6.24. The zero-order chi connectivity index (χ0) is 16.9. The minimum Gasteiger partial charge on any atom is -0.480 e. The number of aryl methyl sites for hydroxylation is 2. The van der Waals surface area contributed by atoms with E-state index in [1.165, 1.54) is 17.5 Å². The van der Waals surface area contributed by atoms with E-state index < -0.39 is 12.0 Å². The number of carboxylic acid groups (broad SMARTS) is 1. The molecule has 1 aliphatic rings. The monoisotopic (exact) mass is 323 g/mol. The third-order valence-corrected chi connectivity index (χ3v) is 4.50. The molecule has 1 aliphatic carbocycles. The van der Waals surface area contributed by atoms with Crippen LogP contribution in [0, 0.1) is 0 Å². The molecule has 0 saturated carbocycles. The number of aliphatic carboxylic acids is 1. The minimum absolute atomic E-state index is 0.271. The van der Waals surface area contributed by atoms with E-state index in [-0.39, 0.29) is 12.3 Å². The van der Waals surface area contributed by atoms with Gasteiger partial charge in [0.1, 0.15) is 6.04 Å². The molecule has 2 aromatic rings. The van der Waals surface area contributed by atoms with Gasteiger partial charge in [0, 0.05) is 12.0 Å². The number of carbonyl (C=O) groups excluding carboxylic acids is 1. The molecule has 1 amide bonds. The average molecular weight is 323 g/mol.